The van der Waals surface area contributed by atoms with E-state index in [4.69, 9.17) is 81.5 Å². The zero-order chi connectivity index (χ0) is 62.1. The first-order valence-electron chi connectivity index (χ1n) is 28.7. The number of aliphatic hydroxyl groups is 10. The summed E-state index contributed by atoms with van der Waals surface area (Å²) < 4.78 is 98.5. The lowest BCUT2D eigenvalue weighted by molar-refractivity contribution is -0.376. The van der Waals surface area contributed by atoms with Crippen LogP contribution in [0.2, 0.25) is 0 Å². The lowest BCUT2D eigenvalue weighted by atomic mass is 9.90. The van der Waals surface area contributed by atoms with E-state index in [1.165, 1.54) is 34.6 Å². The van der Waals surface area contributed by atoms with E-state index in [0.29, 0.717) is 13.0 Å². The molecule has 15 N–H and O–H groups in total. The van der Waals surface area contributed by atoms with Crippen molar-refractivity contribution in [2.24, 2.45) is 23.5 Å². The summed E-state index contributed by atoms with van der Waals surface area (Å²) in [6, 6.07) is -1.49. The molecule has 0 aromatic carbocycles. The van der Waals surface area contributed by atoms with E-state index in [1.54, 1.807) is 0 Å². The van der Waals surface area contributed by atoms with Crippen LogP contribution in [0.15, 0.2) is 0 Å². The Bertz CT molecular complexity index is 2200. The Morgan fingerprint density at radius 3 is 1.32 bits per heavy atom. The molecule has 32 atom stereocenters. The molecular formula is C52H86N2O31. The van der Waals surface area contributed by atoms with Crippen molar-refractivity contribution >= 4 is 17.8 Å². The van der Waals surface area contributed by atoms with Crippen LogP contribution >= 0.6 is 0 Å². The normalized spacial score (nSPS) is 49.2. The number of carbonyl (C=O) groups is 3. The van der Waals surface area contributed by atoms with Crippen molar-refractivity contribution in [2.45, 2.75) is 245 Å². The monoisotopic (exact) mass is 1230 g/mol. The standard InChI is InChI=1S/C52H86N2O31/c1-18-29(61)31(63)23(13-55)72-43(18)79-37-27(17-59)76-48(42-40(37)83-52(7,85-42)50(68)69)78-35-20(3)45(74-25(15-57)33(35)65)81-38-28(54-22(5)60)46(71-21(4)30(38)62)77-34-19(2)44(73-24(14-56)32(34)64)80-36-26(16-58)75-47(70-12-10-8-9-11-53)41-39(36)82-51(6,84-41)49(66)67/h18-21,23-48,55-59,61-65H,8-17,53H2,1-7H3,(H,54,60)(H,66,67)(H,68,69)/t18?,19?,20?,21?,23?,24?,25?,26?,27?,28?,29?,30?,31?,32?,33?,34?,35?,36?,37?,38?,39?,40?,41?,42?,43?,44?,45?,46?,47?,48?,51-,52-/m0/s1. The lowest BCUT2D eigenvalue weighted by Crippen LogP contribution is -2.68. The van der Waals surface area contributed by atoms with Gasteiger partial charge in [-0.1, -0.05) is 20.8 Å². The van der Waals surface area contributed by atoms with Crippen LogP contribution in [0.5, 0.6) is 0 Å². The van der Waals surface area contributed by atoms with Gasteiger partial charge in [0.2, 0.25) is 5.91 Å². The number of carbonyl (C=O) groups excluding carboxylic acids is 1. The fourth-order valence-electron chi connectivity index (χ4n) is 12.0. The number of nitrogens with one attached hydrogen (secondary N) is 1. The van der Waals surface area contributed by atoms with Gasteiger partial charge in [0.1, 0.15) is 104 Å². The summed E-state index contributed by atoms with van der Waals surface area (Å²) in [6.07, 6.45) is -35.7. The molecule has 490 valence electrons. The third-order valence-corrected chi connectivity index (χ3v) is 17.0. The van der Waals surface area contributed by atoms with Crippen molar-refractivity contribution in [1.29, 1.82) is 0 Å². The molecule has 0 aromatic heterocycles. The number of hydrogen-bond acceptors (Lipinski definition) is 30. The van der Waals surface area contributed by atoms with Crippen molar-refractivity contribution < 1.29 is 151 Å². The van der Waals surface area contributed by atoms with Crippen LogP contribution in [0.25, 0.3) is 0 Å². The van der Waals surface area contributed by atoms with E-state index in [2.05, 4.69) is 5.32 Å². The van der Waals surface area contributed by atoms with Crippen LogP contribution < -0.4 is 11.1 Å². The summed E-state index contributed by atoms with van der Waals surface area (Å²) in [4.78, 5) is 38.2. The largest absolute Gasteiger partial charge is 0.477 e. The summed E-state index contributed by atoms with van der Waals surface area (Å²) in [6.45, 7) is 6.10. The van der Waals surface area contributed by atoms with Gasteiger partial charge in [0, 0.05) is 45.1 Å². The highest BCUT2D eigenvalue weighted by Crippen LogP contribution is 2.45. The predicted octanol–water partition coefficient (Wildman–Crippen LogP) is -6.22. The smallest absolute Gasteiger partial charge is 0.364 e. The van der Waals surface area contributed by atoms with Crippen molar-refractivity contribution in [3.8, 4) is 0 Å². The van der Waals surface area contributed by atoms with Crippen LogP contribution in [0.4, 0.5) is 0 Å². The Labute approximate surface area is 488 Å². The molecule has 0 aliphatic carbocycles. The van der Waals surface area contributed by atoms with Crippen LogP contribution in [0.3, 0.4) is 0 Å². The third-order valence-electron chi connectivity index (χ3n) is 17.0. The molecule has 8 rings (SSSR count). The summed E-state index contributed by atoms with van der Waals surface area (Å²) in [5, 5.41) is 132. The van der Waals surface area contributed by atoms with Gasteiger partial charge in [-0.25, -0.2) is 9.59 Å². The Hall–Kier alpha value is -2.67. The Kier molecular flexibility index (Phi) is 23.0. The lowest BCUT2D eigenvalue weighted by Gasteiger charge is -2.51. The van der Waals surface area contributed by atoms with Gasteiger partial charge >= 0.3 is 11.9 Å². The number of aliphatic hydroxyl groups excluding tert-OH is 10. The zero-order valence-electron chi connectivity index (χ0n) is 48.1. The van der Waals surface area contributed by atoms with Gasteiger partial charge in [-0.3, -0.25) is 4.79 Å². The second-order valence-corrected chi connectivity index (χ2v) is 23.1. The van der Waals surface area contributed by atoms with Crippen LogP contribution in [0, 0.1) is 17.8 Å². The fraction of sp³-hybridized carbons (Fsp3) is 0.942. The summed E-state index contributed by atoms with van der Waals surface area (Å²) in [5.41, 5.74) is 5.63. The summed E-state index contributed by atoms with van der Waals surface area (Å²) in [7, 11) is 0. The van der Waals surface area contributed by atoms with E-state index in [0.717, 1.165) is 26.7 Å². The molecule has 1 amide bonds. The van der Waals surface area contributed by atoms with E-state index >= 15 is 0 Å². The minimum Gasteiger partial charge on any atom is -0.477 e. The Morgan fingerprint density at radius 1 is 0.459 bits per heavy atom. The van der Waals surface area contributed by atoms with Gasteiger partial charge in [-0.05, 0) is 32.7 Å². The highest BCUT2D eigenvalue weighted by molar-refractivity contribution is 5.76. The summed E-state index contributed by atoms with van der Waals surface area (Å²) >= 11 is 0. The number of ether oxygens (including phenoxy) is 16. The van der Waals surface area contributed by atoms with Gasteiger partial charge in [-0.15, -0.1) is 0 Å². The molecule has 0 radical (unpaired) electrons. The van der Waals surface area contributed by atoms with E-state index in [1.807, 2.05) is 0 Å². The molecule has 30 unspecified atom stereocenters. The summed E-state index contributed by atoms with van der Waals surface area (Å²) in [5.74, 6) is -11.5. The number of amides is 1. The number of aliphatic carboxylic acids is 2. The molecule has 0 saturated carbocycles. The van der Waals surface area contributed by atoms with Gasteiger partial charge in [0.15, 0.2) is 37.7 Å². The molecule has 8 aliphatic rings. The second-order valence-electron chi connectivity index (χ2n) is 23.1. The molecule has 33 heteroatoms. The van der Waals surface area contributed by atoms with E-state index in [9.17, 15) is 75.7 Å². The first-order chi connectivity index (χ1) is 40.3. The molecule has 8 saturated heterocycles. The Balaban J connectivity index is 1.02. The van der Waals surface area contributed by atoms with Gasteiger partial charge in [0.25, 0.3) is 11.6 Å². The van der Waals surface area contributed by atoms with Crippen molar-refractivity contribution in [2.75, 3.05) is 46.2 Å². The first kappa shape index (κ1) is 68.2. The van der Waals surface area contributed by atoms with E-state index < -0.39 is 246 Å². The topological polar surface area (TPSA) is 480 Å². The maximum Gasteiger partial charge on any atom is 0.364 e. The minimum absolute atomic E-state index is 0.165. The molecule has 0 spiro atoms. The van der Waals surface area contributed by atoms with Gasteiger partial charge in [-0.2, -0.15) is 0 Å². The molecule has 0 bridgehead atoms. The fourth-order valence-corrected chi connectivity index (χ4v) is 12.0. The van der Waals surface area contributed by atoms with Crippen LogP contribution in [-0.4, -0.2) is 303 Å². The third kappa shape index (κ3) is 14.1. The minimum atomic E-state index is -2.39. The molecule has 8 heterocycles. The van der Waals surface area contributed by atoms with Gasteiger partial charge in [0.05, 0.1) is 57.5 Å². The average molecular weight is 1240 g/mol. The zero-order valence-corrected chi connectivity index (χ0v) is 48.1. The SMILES string of the molecule is CC(=O)NC1C(OC2C(C)C(OC3C(CO)OC(OCCCCCN)C4O[C@@](C)(C(=O)O)OC34)OC(CO)C2O)OC(C)C(O)C1OC1OC(CO)C(O)C(OC2OC(CO)C(OC3OC(CO)C(O)C(O)C3C)C3O[C@](C)(C(=O)O)OC23)C1C. The molecule has 8 fully saturated rings. The Morgan fingerprint density at radius 2 is 0.859 bits per heavy atom. The van der Waals surface area contributed by atoms with Crippen LogP contribution in [-0.2, 0) is 90.2 Å². The first-order valence-corrected chi connectivity index (χ1v) is 28.7. The number of hydrogen-bond donors (Lipinski definition) is 14. The molecule has 8 aliphatic heterocycles. The number of nitrogens with two attached hydrogens (primary N) is 1. The molecular weight excluding hydrogens is 1150 g/mol. The number of unbranched alkanes of at least 4 members (excludes halogenated alkanes) is 2. The highest BCUT2D eigenvalue weighted by atomic mass is 16.8. The maximum atomic E-state index is 13.1. The van der Waals surface area contributed by atoms with Crippen LogP contribution in [0.1, 0.15) is 67.7 Å². The van der Waals surface area contributed by atoms with E-state index in [-0.39, 0.29) is 6.61 Å². The second kappa shape index (κ2) is 28.7. The molecule has 0 aromatic rings. The average Bonchev–Trinajstić information content (AvgIpc) is 1.87. The van der Waals surface area contributed by atoms with Crippen molar-refractivity contribution in [3.05, 3.63) is 0 Å². The maximum absolute atomic E-state index is 13.1. The molecule has 33 nitrogen and oxygen atoms in total. The number of carboxylic acid groups (broad SMARTS) is 2. The number of carboxylic acids is 2. The van der Waals surface area contributed by atoms with Gasteiger partial charge < -0.3 is 148 Å². The van der Waals surface area contributed by atoms with Crippen molar-refractivity contribution in [3.63, 3.8) is 0 Å². The predicted molar refractivity (Wildman–Crippen MR) is 273 cm³/mol. The number of fused-ring (bicyclic) bond motifs is 2. The number of rotatable bonds is 24. The molecule has 85 heavy (non-hydrogen) atoms. The quantitative estimate of drug-likeness (QED) is 0.0400. The van der Waals surface area contributed by atoms with Crippen molar-refractivity contribution in [1.82, 2.24) is 5.32 Å². The highest BCUT2D eigenvalue weighted by Gasteiger charge is 2.65.